The van der Waals surface area contributed by atoms with E-state index in [9.17, 15) is 4.79 Å². The van der Waals surface area contributed by atoms with Crippen LogP contribution in [0.4, 0.5) is 22.9 Å². The first-order valence-electron chi connectivity index (χ1n) is 13.8. The summed E-state index contributed by atoms with van der Waals surface area (Å²) in [5.74, 6) is 0.715. The van der Waals surface area contributed by atoms with E-state index in [0.717, 1.165) is 35.1 Å². The first-order valence-corrected chi connectivity index (χ1v) is 15.5. The molecule has 11 heteroatoms. The number of fused-ring (bicyclic) bond motifs is 1. The molecule has 2 aromatic carbocycles. The number of halogens is 2. The van der Waals surface area contributed by atoms with Crippen LogP contribution in [-0.4, -0.2) is 60.1 Å². The van der Waals surface area contributed by atoms with Gasteiger partial charge in [-0.1, -0.05) is 23.2 Å². The van der Waals surface area contributed by atoms with Crippen LogP contribution in [0.5, 0.6) is 5.75 Å². The molecule has 4 heterocycles. The molecule has 0 saturated carbocycles. The molecule has 2 saturated heterocycles. The zero-order valence-corrected chi connectivity index (χ0v) is 25.4. The van der Waals surface area contributed by atoms with Gasteiger partial charge in [0.15, 0.2) is 5.82 Å². The van der Waals surface area contributed by atoms with E-state index in [1.54, 1.807) is 11.4 Å². The van der Waals surface area contributed by atoms with Crippen LogP contribution in [0, 0.1) is 6.92 Å². The number of likely N-dealkylation sites (tertiary alicyclic amines) is 1. The molecule has 8 nitrogen and oxygen atoms in total. The highest BCUT2D eigenvalue weighted by atomic mass is 35.5. The summed E-state index contributed by atoms with van der Waals surface area (Å²) in [6.07, 6.45) is 6.61. The van der Waals surface area contributed by atoms with Crippen molar-refractivity contribution < 1.29 is 9.53 Å². The zero-order valence-electron chi connectivity index (χ0n) is 23.0. The highest BCUT2D eigenvalue weighted by Crippen LogP contribution is 2.41. The molecule has 214 valence electrons. The SMILES string of the molecule is COc1cc(C)c(Cl)c(NC(=O)c2csc3c(Nc4ccc(N5CCC(N6CCCC6)CC5)cc4)ncnc23)c1Cl. The van der Waals surface area contributed by atoms with Crippen LogP contribution in [0.2, 0.25) is 10.0 Å². The van der Waals surface area contributed by atoms with Crippen molar-refractivity contribution in [3.8, 4) is 5.75 Å². The average molecular weight is 612 g/mol. The van der Waals surface area contributed by atoms with Gasteiger partial charge in [0.05, 0.1) is 33.6 Å². The molecule has 1 amide bonds. The number of ether oxygens (including phenoxy) is 1. The third-order valence-corrected chi connectivity index (χ3v) is 9.86. The van der Waals surface area contributed by atoms with Crippen LogP contribution >= 0.6 is 34.5 Å². The standard InChI is InChI=1S/C30H32Cl2N6O2S/c1-18-15-23(40-2)25(32)27(24(18)31)36-30(39)22-16-41-28-26(22)33-17-34-29(28)35-19-5-7-20(8-6-19)38-13-9-21(10-14-38)37-11-3-4-12-37/h5-8,15-17,21H,3-4,9-14H2,1-2H3,(H,36,39)(H,33,34,35). The first-order chi connectivity index (χ1) is 19.9. The molecular formula is C30H32Cl2N6O2S. The molecule has 0 spiro atoms. The number of anilines is 4. The molecule has 0 unspecified atom stereocenters. The second-order valence-corrected chi connectivity index (χ2v) is 12.2. The minimum absolute atomic E-state index is 0.243. The van der Waals surface area contributed by atoms with E-state index in [-0.39, 0.29) is 10.9 Å². The van der Waals surface area contributed by atoms with E-state index in [1.807, 2.05) is 6.92 Å². The number of carbonyl (C=O) groups excluding carboxylic acids is 1. The number of aromatic nitrogens is 2. The molecule has 2 fully saturated rings. The van der Waals surface area contributed by atoms with E-state index in [0.29, 0.717) is 33.4 Å². The van der Waals surface area contributed by atoms with Gasteiger partial charge < -0.3 is 25.2 Å². The Balaban J connectivity index is 1.15. The highest BCUT2D eigenvalue weighted by Gasteiger charge is 2.26. The number of rotatable bonds is 7. The summed E-state index contributed by atoms with van der Waals surface area (Å²) < 4.78 is 6.11. The predicted octanol–water partition coefficient (Wildman–Crippen LogP) is 7.38. The van der Waals surface area contributed by atoms with Gasteiger partial charge in [-0.25, -0.2) is 9.97 Å². The Kier molecular flexibility index (Phi) is 8.21. The quantitative estimate of drug-likeness (QED) is 0.226. The Labute approximate surface area is 253 Å². The van der Waals surface area contributed by atoms with Crippen molar-refractivity contribution >= 4 is 73.5 Å². The minimum atomic E-state index is -0.366. The van der Waals surface area contributed by atoms with Crippen molar-refractivity contribution in [3.63, 3.8) is 0 Å². The molecule has 2 aliphatic heterocycles. The minimum Gasteiger partial charge on any atom is -0.495 e. The molecule has 6 rings (SSSR count). The number of carbonyl (C=O) groups is 1. The average Bonchev–Trinajstić information content (AvgIpc) is 3.69. The van der Waals surface area contributed by atoms with Crippen LogP contribution in [0.15, 0.2) is 42.0 Å². The lowest BCUT2D eigenvalue weighted by Gasteiger charge is -2.37. The van der Waals surface area contributed by atoms with Gasteiger partial charge in [0.1, 0.15) is 17.1 Å². The molecule has 2 N–H and O–H groups in total. The predicted molar refractivity (Wildman–Crippen MR) is 169 cm³/mol. The van der Waals surface area contributed by atoms with E-state index in [2.05, 4.69) is 54.7 Å². The number of thiophene rings is 1. The van der Waals surface area contributed by atoms with Crippen LogP contribution in [0.3, 0.4) is 0 Å². The number of hydrogen-bond donors (Lipinski definition) is 2. The molecule has 0 radical (unpaired) electrons. The zero-order chi connectivity index (χ0) is 28.5. The Morgan fingerprint density at radius 1 is 1.05 bits per heavy atom. The van der Waals surface area contributed by atoms with Crippen molar-refractivity contribution in [2.45, 2.75) is 38.6 Å². The summed E-state index contributed by atoms with van der Waals surface area (Å²) in [4.78, 5) is 27.3. The van der Waals surface area contributed by atoms with Gasteiger partial charge in [-0.05, 0) is 81.6 Å². The Morgan fingerprint density at radius 2 is 1.78 bits per heavy atom. The van der Waals surface area contributed by atoms with Crippen LogP contribution in [0.25, 0.3) is 10.2 Å². The van der Waals surface area contributed by atoms with E-state index in [1.165, 1.54) is 69.2 Å². The maximum Gasteiger partial charge on any atom is 0.258 e. The number of nitrogens with zero attached hydrogens (tertiary/aromatic N) is 4. The van der Waals surface area contributed by atoms with Crippen molar-refractivity contribution in [2.75, 3.05) is 48.8 Å². The van der Waals surface area contributed by atoms with Crippen LogP contribution in [-0.2, 0) is 0 Å². The van der Waals surface area contributed by atoms with Crippen molar-refractivity contribution in [1.82, 2.24) is 14.9 Å². The summed E-state index contributed by atoms with van der Waals surface area (Å²) in [6, 6.07) is 10.9. The lowest BCUT2D eigenvalue weighted by molar-refractivity contribution is 0.102. The Morgan fingerprint density at radius 3 is 2.49 bits per heavy atom. The van der Waals surface area contributed by atoms with Gasteiger partial charge in [0.25, 0.3) is 5.91 Å². The van der Waals surface area contributed by atoms with E-state index >= 15 is 0 Å². The third-order valence-electron chi connectivity index (χ3n) is 8.02. The van der Waals surface area contributed by atoms with E-state index < -0.39 is 0 Å². The third kappa shape index (κ3) is 5.68. The smallest absolute Gasteiger partial charge is 0.258 e. The van der Waals surface area contributed by atoms with Crippen LogP contribution in [0.1, 0.15) is 41.6 Å². The number of hydrogen-bond acceptors (Lipinski definition) is 8. The Hall–Kier alpha value is -3.11. The molecule has 0 atom stereocenters. The van der Waals surface area contributed by atoms with Crippen molar-refractivity contribution in [2.24, 2.45) is 0 Å². The molecule has 0 aliphatic carbocycles. The topological polar surface area (TPSA) is 82.6 Å². The fourth-order valence-electron chi connectivity index (χ4n) is 5.77. The van der Waals surface area contributed by atoms with Crippen molar-refractivity contribution in [1.29, 1.82) is 0 Å². The molecule has 0 bridgehead atoms. The maximum absolute atomic E-state index is 13.3. The summed E-state index contributed by atoms with van der Waals surface area (Å²) in [5, 5.41) is 8.63. The van der Waals surface area contributed by atoms with Gasteiger partial charge in [-0.3, -0.25) is 4.79 Å². The number of piperidine rings is 1. The number of aryl methyl sites for hydroxylation is 1. The molecule has 2 aromatic heterocycles. The monoisotopic (exact) mass is 610 g/mol. The second-order valence-electron chi connectivity index (χ2n) is 10.5. The summed E-state index contributed by atoms with van der Waals surface area (Å²) in [6.45, 7) is 6.54. The molecule has 2 aliphatic rings. The lowest BCUT2D eigenvalue weighted by Crippen LogP contribution is -2.43. The fraction of sp³-hybridized carbons (Fsp3) is 0.367. The summed E-state index contributed by atoms with van der Waals surface area (Å²) >= 11 is 14.3. The number of amides is 1. The normalized spacial score (nSPS) is 16.3. The lowest BCUT2D eigenvalue weighted by atomic mass is 10.0. The van der Waals surface area contributed by atoms with Gasteiger partial charge in [-0.2, -0.15) is 0 Å². The van der Waals surface area contributed by atoms with Crippen LogP contribution < -0.4 is 20.3 Å². The first kappa shape index (κ1) is 28.0. The number of nitrogens with one attached hydrogen (secondary N) is 2. The Bertz CT molecular complexity index is 1560. The summed E-state index contributed by atoms with van der Waals surface area (Å²) in [5.41, 5.74) is 4.17. The highest BCUT2D eigenvalue weighted by molar-refractivity contribution is 7.18. The van der Waals surface area contributed by atoms with Gasteiger partial charge in [0.2, 0.25) is 0 Å². The van der Waals surface area contributed by atoms with Crippen molar-refractivity contribution in [3.05, 3.63) is 63.2 Å². The number of methoxy groups -OCH3 is 1. The van der Waals surface area contributed by atoms with Gasteiger partial charge in [0, 0.05) is 35.9 Å². The van der Waals surface area contributed by atoms with Gasteiger partial charge >= 0.3 is 0 Å². The maximum atomic E-state index is 13.3. The van der Waals surface area contributed by atoms with Gasteiger partial charge in [-0.15, -0.1) is 11.3 Å². The second kappa shape index (κ2) is 12.0. The van der Waals surface area contributed by atoms with E-state index in [4.69, 9.17) is 27.9 Å². The molecule has 41 heavy (non-hydrogen) atoms. The fourth-order valence-corrected chi connectivity index (χ4v) is 7.23. The molecule has 4 aromatic rings. The molecular weight excluding hydrogens is 579 g/mol. The largest absolute Gasteiger partial charge is 0.495 e. The number of benzene rings is 2. The summed E-state index contributed by atoms with van der Waals surface area (Å²) in [7, 11) is 1.52.